The van der Waals surface area contributed by atoms with E-state index in [-0.39, 0.29) is 24.4 Å². The summed E-state index contributed by atoms with van der Waals surface area (Å²) in [4.78, 5) is 12.3. The fourth-order valence-electron chi connectivity index (χ4n) is 2.88. The van der Waals surface area contributed by atoms with Gasteiger partial charge in [0.2, 0.25) is 0 Å². The summed E-state index contributed by atoms with van der Waals surface area (Å²) < 4.78 is 12.0. The Kier molecular flexibility index (Phi) is 6.12. The maximum atomic E-state index is 12.3. The van der Waals surface area contributed by atoms with Crippen LogP contribution in [-0.2, 0) is 9.31 Å². The molecular weight excluding hydrogens is 362 g/mol. The number of nitrogens with one attached hydrogen (secondary N) is 2. The van der Waals surface area contributed by atoms with Gasteiger partial charge in [0, 0.05) is 28.6 Å². The van der Waals surface area contributed by atoms with Crippen LogP contribution in [-0.4, -0.2) is 43.4 Å². The molecule has 2 fully saturated rings. The molecule has 0 spiro atoms. The van der Waals surface area contributed by atoms with Crippen molar-refractivity contribution in [1.82, 2.24) is 10.6 Å². The lowest BCUT2D eigenvalue weighted by Gasteiger charge is -2.32. The zero-order valence-corrected chi connectivity index (χ0v) is 16.6. The van der Waals surface area contributed by atoms with Crippen LogP contribution in [0.4, 0.5) is 0 Å². The summed E-state index contributed by atoms with van der Waals surface area (Å²) in [5, 5.41) is 6.72. The molecule has 2 aliphatic heterocycles. The highest BCUT2D eigenvalue weighted by atomic mass is 35.5. The average Bonchev–Trinajstić information content (AvgIpc) is 3.05. The van der Waals surface area contributed by atoms with Crippen molar-refractivity contribution in [2.45, 2.75) is 51.4 Å². The molecule has 0 aromatic heterocycles. The molecule has 5 nitrogen and oxygen atoms in total. The summed E-state index contributed by atoms with van der Waals surface area (Å²) >= 11 is 6.40. The van der Waals surface area contributed by atoms with E-state index < -0.39 is 18.3 Å². The number of benzene rings is 1. The second-order valence-electron chi connectivity index (χ2n) is 7.49. The molecule has 138 valence electrons. The first kappa shape index (κ1) is 20.5. The molecule has 2 heterocycles. The van der Waals surface area contributed by atoms with Gasteiger partial charge in [-0.05, 0) is 52.8 Å². The Morgan fingerprint density at radius 2 is 1.92 bits per heavy atom. The third-order valence-corrected chi connectivity index (χ3v) is 5.49. The first-order valence-electron chi connectivity index (χ1n) is 8.36. The molecule has 0 aliphatic carbocycles. The van der Waals surface area contributed by atoms with Crippen molar-refractivity contribution in [2.24, 2.45) is 0 Å². The highest BCUT2D eigenvalue weighted by Crippen LogP contribution is 2.37. The van der Waals surface area contributed by atoms with Gasteiger partial charge in [-0.2, -0.15) is 0 Å². The van der Waals surface area contributed by atoms with Gasteiger partial charge in [0.25, 0.3) is 5.91 Å². The van der Waals surface area contributed by atoms with Crippen molar-refractivity contribution >= 4 is 42.5 Å². The van der Waals surface area contributed by atoms with Crippen molar-refractivity contribution in [2.75, 3.05) is 13.1 Å². The summed E-state index contributed by atoms with van der Waals surface area (Å²) in [6, 6.07) is 5.44. The highest BCUT2D eigenvalue weighted by molar-refractivity contribution is 6.65. The predicted molar refractivity (Wildman–Crippen MR) is 103 cm³/mol. The third-order valence-electron chi connectivity index (χ3n) is 5.17. The SMILES string of the molecule is CC1(C)OB(c2ccc(C(=O)N[C@H]3CCNC3)cc2Cl)OC1(C)C.Cl. The van der Waals surface area contributed by atoms with Crippen LogP contribution < -0.4 is 16.1 Å². The van der Waals surface area contributed by atoms with Crippen LogP contribution in [0.15, 0.2) is 18.2 Å². The molecule has 1 aromatic rings. The van der Waals surface area contributed by atoms with Crippen LogP contribution in [0, 0.1) is 0 Å². The molecule has 2 saturated heterocycles. The smallest absolute Gasteiger partial charge is 0.399 e. The third kappa shape index (κ3) is 4.14. The lowest BCUT2D eigenvalue weighted by atomic mass is 9.78. The fourth-order valence-corrected chi connectivity index (χ4v) is 3.15. The molecule has 0 radical (unpaired) electrons. The van der Waals surface area contributed by atoms with Crippen LogP contribution in [0.2, 0.25) is 5.02 Å². The molecule has 25 heavy (non-hydrogen) atoms. The number of rotatable bonds is 3. The monoisotopic (exact) mass is 386 g/mol. The topological polar surface area (TPSA) is 59.6 Å². The quantitative estimate of drug-likeness (QED) is 0.781. The van der Waals surface area contributed by atoms with Gasteiger partial charge in [0.05, 0.1) is 11.2 Å². The van der Waals surface area contributed by atoms with Crippen LogP contribution >= 0.6 is 24.0 Å². The molecule has 2 N–H and O–H groups in total. The fraction of sp³-hybridized carbons (Fsp3) is 0.588. The Bertz CT molecular complexity index is 633. The van der Waals surface area contributed by atoms with Gasteiger partial charge in [-0.3, -0.25) is 4.79 Å². The maximum absolute atomic E-state index is 12.3. The summed E-state index contributed by atoms with van der Waals surface area (Å²) in [5.41, 5.74) is 0.445. The summed E-state index contributed by atoms with van der Waals surface area (Å²) in [5.74, 6) is -0.105. The van der Waals surface area contributed by atoms with Crippen molar-refractivity contribution in [3.63, 3.8) is 0 Å². The molecule has 1 aromatic carbocycles. The number of carbonyl (C=O) groups excluding carboxylic acids is 1. The lowest BCUT2D eigenvalue weighted by Crippen LogP contribution is -2.41. The summed E-state index contributed by atoms with van der Waals surface area (Å²) in [6.45, 7) is 9.74. The molecule has 1 amide bonds. The van der Waals surface area contributed by atoms with Crippen molar-refractivity contribution in [1.29, 1.82) is 0 Å². The lowest BCUT2D eigenvalue weighted by molar-refractivity contribution is 0.00578. The van der Waals surface area contributed by atoms with E-state index in [9.17, 15) is 4.79 Å². The first-order chi connectivity index (χ1) is 11.2. The van der Waals surface area contributed by atoms with E-state index in [1.807, 2.05) is 33.8 Å². The minimum absolute atomic E-state index is 0. The zero-order valence-electron chi connectivity index (χ0n) is 15.0. The number of amides is 1. The number of hydrogen-bond acceptors (Lipinski definition) is 4. The van der Waals surface area contributed by atoms with Crippen molar-refractivity contribution < 1.29 is 14.1 Å². The predicted octanol–water partition coefficient (Wildman–Crippen LogP) is 2.15. The molecule has 0 bridgehead atoms. The van der Waals surface area contributed by atoms with Gasteiger partial charge in [-0.15, -0.1) is 12.4 Å². The van der Waals surface area contributed by atoms with E-state index in [4.69, 9.17) is 20.9 Å². The van der Waals surface area contributed by atoms with Crippen molar-refractivity contribution in [3.05, 3.63) is 28.8 Å². The molecule has 0 saturated carbocycles. The van der Waals surface area contributed by atoms with Crippen molar-refractivity contribution in [3.8, 4) is 0 Å². The van der Waals surface area contributed by atoms with Gasteiger partial charge >= 0.3 is 7.12 Å². The molecule has 3 rings (SSSR count). The first-order valence-corrected chi connectivity index (χ1v) is 8.74. The average molecular weight is 387 g/mol. The van der Waals surface area contributed by atoms with Crippen LogP contribution in [0.5, 0.6) is 0 Å². The van der Waals surface area contributed by atoms with Gasteiger partial charge in [-0.25, -0.2) is 0 Å². The van der Waals surface area contributed by atoms with E-state index in [0.717, 1.165) is 25.0 Å². The summed E-state index contributed by atoms with van der Waals surface area (Å²) in [6.07, 6.45) is 0.950. The van der Waals surface area contributed by atoms with E-state index in [1.54, 1.807) is 12.1 Å². The molecule has 1 atom stereocenters. The number of hydrogen-bond donors (Lipinski definition) is 2. The second-order valence-corrected chi connectivity index (χ2v) is 7.89. The molecule has 8 heteroatoms. The Morgan fingerprint density at radius 1 is 1.28 bits per heavy atom. The van der Waals surface area contributed by atoms with Gasteiger partial charge in [0.1, 0.15) is 0 Å². The molecular formula is C17H25BCl2N2O3. The Hall–Kier alpha value is -0.785. The van der Waals surface area contributed by atoms with Crippen LogP contribution in [0.25, 0.3) is 0 Å². The molecule has 2 aliphatic rings. The number of halogens is 2. The van der Waals surface area contributed by atoms with E-state index in [0.29, 0.717) is 10.6 Å². The normalized spacial score (nSPS) is 24.0. The Balaban J connectivity index is 0.00000225. The summed E-state index contributed by atoms with van der Waals surface area (Å²) in [7, 11) is -0.529. The van der Waals surface area contributed by atoms with Gasteiger partial charge in [-0.1, -0.05) is 17.7 Å². The maximum Gasteiger partial charge on any atom is 0.496 e. The highest BCUT2D eigenvalue weighted by Gasteiger charge is 2.52. The van der Waals surface area contributed by atoms with E-state index in [1.165, 1.54) is 0 Å². The molecule has 0 unspecified atom stereocenters. The minimum atomic E-state index is -0.529. The Morgan fingerprint density at radius 3 is 2.44 bits per heavy atom. The standard InChI is InChI=1S/C17H24BClN2O3.ClH/c1-16(2)17(3,4)24-18(23-16)13-6-5-11(9-14(13)19)15(22)21-12-7-8-20-10-12;/h5-6,9,12,20H,7-8,10H2,1-4H3,(H,21,22);1H/t12-;/m0./s1. The largest absolute Gasteiger partial charge is 0.496 e. The van der Waals surface area contributed by atoms with Crippen LogP contribution in [0.1, 0.15) is 44.5 Å². The van der Waals surface area contributed by atoms with Gasteiger partial charge in [0.15, 0.2) is 0 Å². The van der Waals surface area contributed by atoms with Gasteiger partial charge < -0.3 is 19.9 Å². The Labute approximate surface area is 160 Å². The number of carbonyl (C=O) groups is 1. The second kappa shape index (κ2) is 7.45. The zero-order chi connectivity index (χ0) is 17.5. The van der Waals surface area contributed by atoms with E-state index >= 15 is 0 Å². The van der Waals surface area contributed by atoms with Crippen LogP contribution in [0.3, 0.4) is 0 Å². The van der Waals surface area contributed by atoms with E-state index in [2.05, 4.69) is 10.6 Å². The minimum Gasteiger partial charge on any atom is -0.399 e.